The molecule has 19 heavy (non-hydrogen) atoms. The lowest BCUT2D eigenvalue weighted by molar-refractivity contribution is -0.141. The van der Waals surface area contributed by atoms with Gasteiger partial charge in [0.15, 0.2) is 0 Å². The predicted octanol–water partition coefficient (Wildman–Crippen LogP) is 2.18. The number of halogens is 1. The fourth-order valence-corrected chi connectivity index (χ4v) is 2.43. The molecule has 0 saturated carbocycles. The summed E-state index contributed by atoms with van der Waals surface area (Å²) in [7, 11) is 0. The van der Waals surface area contributed by atoms with E-state index in [0.29, 0.717) is 6.54 Å². The van der Waals surface area contributed by atoms with Gasteiger partial charge >= 0.3 is 5.97 Å². The van der Waals surface area contributed by atoms with Crippen LogP contribution in [0.1, 0.15) is 6.92 Å². The highest BCUT2D eigenvalue weighted by atomic mass is 35.5. The average Bonchev–Trinajstić information content (AvgIpc) is 2.40. The van der Waals surface area contributed by atoms with E-state index in [2.05, 4.69) is 9.80 Å². The molecule has 1 aromatic rings. The summed E-state index contributed by atoms with van der Waals surface area (Å²) < 4.78 is 0. The summed E-state index contributed by atoms with van der Waals surface area (Å²) in [6, 6.07) is 7.85. The van der Waals surface area contributed by atoms with Crippen LogP contribution in [0.4, 0.5) is 5.69 Å². The van der Waals surface area contributed by atoms with Crippen LogP contribution in [0, 0.1) is 5.92 Å². The van der Waals surface area contributed by atoms with Crippen molar-refractivity contribution in [3.8, 4) is 0 Å². The van der Waals surface area contributed by atoms with Crippen LogP contribution in [0.2, 0.25) is 5.02 Å². The third-order valence-electron chi connectivity index (χ3n) is 3.52. The van der Waals surface area contributed by atoms with E-state index >= 15 is 0 Å². The quantitative estimate of drug-likeness (QED) is 0.919. The van der Waals surface area contributed by atoms with Gasteiger partial charge in [0.1, 0.15) is 0 Å². The maximum Gasteiger partial charge on any atom is 0.307 e. The second-order valence-corrected chi connectivity index (χ2v) is 5.44. The number of rotatable bonds is 4. The summed E-state index contributed by atoms with van der Waals surface area (Å²) in [6.07, 6.45) is 0. The normalized spacial score (nSPS) is 18.3. The molecule has 1 atom stereocenters. The highest BCUT2D eigenvalue weighted by Gasteiger charge is 2.21. The second-order valence-electron chi connectivity index (χ2n) is 5.00. The molecule has 0 radical (unpaired) electrons. The van der Waals surface area contributed by atoms with Gasteiger partial charge in [0.2, 0.25) is 0 Å². The lowest BCUT2D eigenvalue weighted by Gasteiger charge is -2.36. The van der Waals surface area contributed by atoms with E-state index in [-0.39, 0.29) is 5.92 Å². The number of carbonyl (C=O) groups is 1. The maximum atomic E-state index is 10.8. The van der Waals surface area contributed by atoms with Crippen LogP contribution in [0.25, 0.3) is 0 Å². The molecule has 1 unspecified atom stereocenters. The van der Waals surface area contributed by atoms with Gasteiger partial charge in [-0.3, -0.25) is 9.69 Å². The number of anilines is 1. The van der Waals surface area contributed by atoms with Crippen LogP contribution >= 0.6 is 11.6 Å². The molecule has 2 rings (SSSR count). The van der Waals surface area contributed by atoms with Crippen molar-refractivity contribution in [2.24, 2.45) is 5.92 Å². The summed E-state index contributed by atoms with van der Waals surface area (Å²) >= 11 is 5.88. The Morgan fingerprint density at radius 2 is 1.84 bits per heavy atom. The molecule has 1 heterocycles. The van der Waals surface area contributed by atoms with E-state index in [1.165, 1.54) is 5.69 Å². The number of carboxylic acid groups (broad SMARTS) is 1. The van der Waals surface area contributed by atoms with Gasteiger partial charge in [-0.15, -0.1) is 0 Å². The van der Waals surface area contributed by atoms with Gasteiger partial charge in [-0.25, -0.2) is 0 Å². The van der Waals surface area contributed by atoms with Gasteiger partial charge in [-0.05, 0) is 24.3 Å². The van der Waals surface area contributed by atoms with Crippen molar-refractivity contribution >= 4 is 23.3 Å². The Labute approximate surface area is 118 Å². The molecule has 104 valence electrons. The van der Waals surface area contributed by atoms with Gasteiger partial charge < -0.3 is 10.0 Å². The van der Waals surface area contributed by atoms with Crippen LogP contribution in [-0.4, -0.2) is 48.7 Å². The molecular formula is C14H19ClN2O2. The number of hydrogen-bond donors (Lipinski definition) is 1. The van der Waals surface area contributed by atoms with Gasteiger partial charge in [-0.2, -0.15) is 0 Å². The lowest BCUT2D eigenvalue weighted by Crippen LogP contribution is -2.48. The molecule has 0 spiro atoms. The highest BCUT2D eigenvalue weighted by Crippen LogP contribution is 2.19. The largest absolute Gasteiger partial charge is 0.481 e. The third kappa shape index (κ3) is 3.85. The van der Waals surface area contributed by atoms with Crippen molar-refractivity contribution in [1.82, 2.24) is 4.90 Å². The minimum absolute atomic E-state index is 0.304. The molecule has 1 fully saturated rings. The van der Waals surface area contributed by atoms with Gasteiger partial charge in [0.05, 0.1) is 5.92 Å². The highest BCUT2D eigenvalue weighted by molar-refractivity contribution is 6.30. The standard InChI is InChI=1S/C14H19ClN2O2/c1-11(14(18)19)10-16-6-8-17(9-7-16)13-4-2-12(15)3-5-13/h2-5,11H,6-10H2,1H3,(H,18,19). The SMILES string of the molecule is CC(CN1CCN(c2ccc(Cl)cc2)CC1)C(=O)O. The van der Waals surface area contributed by atoms with E-state index in [4.69, 9.17) is 16.7 Å². The summed E-state index contributed by atoms with van der Waals surface area (Å²) in [6.45, 7) is 6.04. The molecule has 0 bridgehead atoms. The number of nitrogens with zero attached hydrogens (tertiary/aromatic N) is 2. The Kier molecular flexibility index (Phi) is 4.66. The van der Waals surface area contributed by atoms with Crippen LogP contribution in [-0.2, 0) is 4.79 Å². The molecule has 0 aromatic heterocycles. The molecule has 0 aliphatic carbocycles. The topological polar surface area (TPSA) is 43.8 Å². The number of hydrogen-bond acceptors (Lipinski definition) is 3. The van der Waals surface area contributed by atoms with E-state index < -0.39 is 5.97 Å². The molecule has 1 aliphatic heterocycles. The molecule has 1 saturated heterocycles. The first-order valence-corrected chi connectivity index (χ1v) is 6.90. The van der Waals surface area contributed by atoms with Crippen LogP contribution in [0.15, 0.2) is 24.3 Å². The van der Waals surface area contributed by atoms with E-state index in [0.717, 1.165) is 31.2 Å². The zero-order valence-electron chi connectivity index (χ0n) is 11.1. The monoisotopic (exact) mass is 282 g/mol. The van der Waals surface area contributed by atoms with Crippen molar-refractivity contribution in [3.05, 3.63) is 29.3 Å². The van der Waals surface area contributed by atoms with Gasteiger partial charge in [0, 0.05) is 43.4 Å². The molecule has 4 nitrogen and oxygen atoms in total. The second kappa shape index (κ2) is 6.26. The summed E-state index contributed by atoms with van der Waals surface area (Å²) in [5.74, 6) is -1.03. The van der Waals surface area contributed by atoms with E-state index in [1.54, 1.807) is 6.92 Å². The predicted molar refractivity (Wildman–Crippen MR) is 76.9 cm³/mol. The molecule has 5 heteroatoms. The van der Waals surface area contributed by atoms with Crippen LogP contribution in [0.5, 0.6) is 0 Å². The molecule has 0 amide bonds. The van der Waals surface area contributed by atoms with Crippen molar-refractivity contribution < 1.29 is 9.90 Å². The van der Waals surface area contributed by atoms with Crippen LogP contribution in [0.3, 0.4) is 0 Å². The Balaban J connectivity index is 1.85. The van der Waals surface area contributed by atoms with Crippen molar-refractivity contribution in [1.29, 1.82) is 0 Å². The smallest absolute Gasteiger partial charge is 0.307 e. The number of aliphatic carboxylic acids is 1. The molecular weight excluding hydrogens is 264 g/mol. The number of piperazine rings is 1. The maximum absolute atomic E-state index is 10.8. The Bertz CT molecular complexity index is 428. The minimum atomic E-state index is -0.722. The average molecular weight is 283 g/mol. The fourth-order valence-electron chi connectivity index (χ4n) is 2.31. The van der Waals surface area contributed by atoms with Crippen molar-refractivity contribution in [3.63, 3.8) is 0 Å². The summed E-state index contributed by atoms with van der Waals surface area (Å²) in [4.78, 5) is 15.4. The van der Waals surface area contributed by atoms with Gasteiger partial charge in [-0.1, -0.05) is 18.5 Å². The Morgan fingerprint density at radius 3 is 2.37 bits per heavy atom. The van der Waals surface area contributed by atoms with Crippen LogP contribution < -0.4 is 4.90 Å². The van der Waals surface area contributed by atoms with Crippen molar-refractivity contribution in [2.75, 3.05) is 37.6 Å². The first kappa shape index (κ1) is 14.2. The first-order valence-electron chi connectivity index (χ1n) is 6.52. The first-order chi connectivity index (χ1) is 9.06. The van der Waals surface area contributed by atoms with E-state index in [9.17, 15) is 4.79 Å². The molecule has 1 aliphatic rings. The zero-order valence-corrected chi connectivity index (χ0v) is 11.8. The minimum Gasteiger partial charge on any atom is -0.481 e. The Morgan fingerprint density at radius 1 is 1.26 bits per heavy atom. The summed E-state index contributed by atoms with van der Waals surface area (Å²) in [5, 5.41) is 9.67. The summed E-state index contributed by atoms with van der Waals surface area (Å²) in [5.41, 5.74) is 1.18. The lowest BCUT2D eigenvalue weighted by atomic mass is 10.1. The van der Waals surface area contributed by atoms with Crippen molar-refractivity contribution in [2.45, 2.75) is 6.92 Å². The zero-order chi connectivity index (χ0) is 13.8. The molecule has 1 N–H and O–H groups in total. The third-order valence-corrected chi connectivity index (χ3v) is 3.77. The molecule has 1 aromatic carbocycles. The van der Waals surface area contributed by atoms with E-state index in [1.807, 2.05) is 24.3 Å². The number of benzene rings is 1. The fraction of sp³-hybridized carbons (Fsp3) is 0.500. The van der Waals surface area contributed by atoms with Gasteiger partial charge in [0.25, 0.3) is 0 Å². The Hall–Kier alpha value is -1.26. The number of carboxylic acids is 1.